The molecule has 0 saturated carbocycles. The third-order valence-electron chi connectivity index (χ3n) is 3.92. The zero-order valence-corrected chi connectivity index (χ0v) is 13.6. The van der Waals surface area contributed by atoms with Crippen LogP contribution in [0.2, 0.25) is 0 Å². The van der Waals surface area contributed by atoms with Crippen LogP contribution < -0.4 is 5.73 Å². The lowest BCUT2D eigenvalue weighted by atomic mass is 9.82. The van der Waals surface area contributed by atoms with Gasteiger partial charge in [0.25, 0.3) is 0 Å². The van der Waals surface area contributed by atoms with E-state index in [4.69, 9.17) is 10.5 Å². The third kappa shape index (κ3) is 3.84. The Hall–Kier alpha value is -1.38. The number of rotatable bonds is 5. The van der Waals surface area contributed by atoms with Gasteiger partial charge in [-0.3, -0.25) is 0 Å². The molecule has 0 aliphatic carbocycles. The second kappa shape index (κ2) is 6.59. The molecule has 2 atom stereocenters. The number of nitrogens with two attached hydrogens (primary N) is 1. The lowest BCUT2D eigenvalue weighted by Crippen LogP contribution is -2.46. The van der Waals surface area contributed by atoms with Gasteiger partial charge in [0, 0.05) is 12.6 Å². The van der Waals surface area contributed by atoms with E-state index >= 15 is 0 Å². The molecule has 2 aromatic carbocycles. The molecule has 2 N–H and O–H groups in total. The number of hydrogen-bond donors (Lipinski definition) is 1. The molecule has 0 heterocycles. The topological polar surface area (TPSA) is 35.2 Å². The maximum atomic E-state index is 6.49. The summed E-state index contributed by atoms with van der Waals surface area (Å²) in [5, 5.41) is 2.56. The molecule has 21 heavy (non-hydrogen) atoms. The standard InChI is InChI=1S/C19H27NO/c1-5-21-18(19(2,3)4)17(20)13-15-11-8-10-14-9-6-7-12-16(14)15/h6-12,17-18H,5,13,20H2,1-4H3. The maximum Gasteiger partial charge on any atom is 0.0777 e. The summed E-state index contributed by atoms with van der Waals surface area (Å²) in [5.41, 5.74) is 7.83. The Bertz CT molecular complexity index is 580. The van der Waals surface area contributed by atoms with Crippen LogP contribution in [0.15, 0.2) is 42.5 Å². The van der Waals surface area contributed by atoms with Gasteiger partial charge in [-0.1, -0.05) is 63.2 Å². The van der Waals surface area contributed by atoms with Crippen LogP contribution in [-0.4, -0.2) is 18.8 Å². The Kier molecular flexibility index (Phi) is 5.02. The number of hydrogen-bond acceptors (Lipinski definition) is 2. The Morgan fingerprint density at radius 2 is 1.71 bits per heavy atom. The summed E-state index contributed by atoms with van der Waals surface area (Å²) in [6.07, 6.45) is 0.894. The Morgan fingerprint density at radius 3 is 2.38 bits per heavy atom. The van der Waals surface area contributed by atoms with E-state index in [9.17, 15) is 0 Å². The first kappa shape index (κ1) is 16.0. The van der Waals surface area contributed by atoms with Crippen LogP contribution in [0.4, 0.5) is 0 Å². The molecule has 114 valence electrons. The Labute approximate surface area is 128 Å². The predicted octanol–water partition coefficient (Wildman–Crippen LogP) is 4.16. The van der Waals surface area contributed by atoms with Crippen molar-refractivity contribution in [3.05, 3.63) is 48.0 Å². The van der Waals surface area contributed by atoms with Gasteiger partial charge in [0.15, 0.2) is 0 Å². The number of ether oxygens (including phenoxy) is 1. The van der Waals surface area contributed by atoms with Crippen LogP contribution in [0.25, 0.3) is 10.8 Å². The average molecular weight is 285 g/mol. The highest BCUT2D eigenvalue weighted by atomic mass is 16.5. The lowest BCUT2D eigenvalue weighted by Gasteiger charge is -2.35. The normalized spacial score (nSPS) is 15.1. The van der Waals surface area contributed by atoms with Crippen molar-refractivity contribution >= 4 is 10.8 Å². The minimum atomic E-state index is -0.00393. The first-order chi connectivity index (χ1) is 9.93. The summed E-state index contributed by atoms with van der Waals surface area (Å²) in [4.78, 5) is 0. The molecular weight excluding hydrogens is 258 g/mol. The van der Waals surface area contributed by atoms with Crippen molar-refractivity contribution in [2.45, 2.75) is 46.3 Å². The fourth-order valence-electron chi connectivity index (χ4n) is 3.03. The summed E-state index contributed by atoms with van der Waals surface area (Å²) >= 11 is 0. The highest BCUT2D eigenvalue weighted by molar-refractivity contribution is 5.85. The predicted molar refractivity (Wildman–Crippen MR) is 90.5 cm³/mol. The van der Waals surface area contributed by atoms with Crippen molar-refractivity contribution < 1.29 is 4.74 Å². The van der Waals surface area contributed by atoms with E-state index in [1.807, 2.05) is 6.92 Å². The summed E-state index contributed by atoms with van der Waals surface area (Å²) in [6, 6.07) is 14.9. The Balaban J connectivity index is 2.26. The molecule has 2 nitrogen and oxygen atoms in total. The van der Waals surface area contributed by atoms with Crippen molar-refractivity contribution in [3.8, 4) is 0 Å². The van der Waals surface area contributed by atoms with Crippen LogP contribution in [0.3, 0.4) is 0 Å². The minimum Gasteiger partial charge on any atom is -0.376 e. The summed E-state index contributed by atoms with van der Waals surface area (Å²) < 4.78 is 5.93. The third-order valence-corrected chi connectivity index (χ3v) is 3.92. The molecule has 0 aliphatic heterocycles. The molecule has 2 heteroatoms. The van der Waals surface area contributed by atoms with Crippen LogP contribution in [-0.2, 0) is 11.2 Å². The van der Waals surface area contributed by atoms with E-state index in [0.29, 0.717) is 6.61 Å². The van der Waals surface area contributed by atoms with Crippen molar-refractivity contribution in [2.24, 2.45) is 11.1 Å². The summed E-state index contributed by atoms with van der Waals surface area (Å²) in [5.74, 6) is 0. The fraction of sp³-hybridized carbons (Fsp3) is 0.474. The van der Waals surface area contributed by atoms with Gasteiger partial charge in [0.1, 0.15) is 0 Å². The van der Waals surface area contributed by atoms with Crippen LogP contribution in [0.5, 0.6) is 0 Å². The van der Waals surface area contributed by atoms with Crippen molar-refractivity contribution in [3.63, 3.8) is 0 Å². The van der Waals surface area contributed by atoms with Gasteiger partial charge < -0.3 is 10.5 Å². The van der Waals surface area contributed by atoms with Crippen LogP contribution >= 0.6 is 0 Å². The molecule has 0 radical (unpaired) electrons. The van der Waals surface area contributed by atoms with Gasteiger partial charge in [-0.15, -0.1) is 0 Å². The molecule has 2 unspecified atom stereocenters. The molecule has 0 saturated heterocycles. The lowest BCUT2D eigenvalue weighted by molar-refractivity contribution is -0.0273. The zero-order valence-electron chi connectivity index (χ0n) is 13.6. The smallest absolute Gasteiger partial charge is 0.0777 e. The number of benzene rings is 2. The molecule has 0 amide bonds. The van der Waals surface area contributed by atoms with Gasteiger partial charge in [-0.05, 0) is 35.1 Å². The van der Waals surface area contributed by atoms with E-state index in [1.165, 1.54) is 16.3 Å². The molecule has 2 rings (SSSR count). The van der Waals surface area contributed by atoms with E-state index in [0.717, 1.165) is 6.42 Å². The van der Waals surface area contributed by atoms with E-state index in [1.54, 1.807) is 0 Å². The first-order valence-electron chi connectivity index (χ1n) is 7.77. The fourth-order valence-corrected chi connectivity index (χ4v) is 3.03. The van der Waals surface area contributed by atoms with Crippen molar-refractivity contribution in [1.82, 2.24) is 0 Å². The van der Waals surface area contributed by atoms with Gasteiger partial charge in [-0.2, -0.15) is 0 Å². The molecule has 0 aromatic heterocycles. The minimum absolute atomic E-state index is 0.00393. The van der Waals surface area contributed by atoms with Gasteiger partial charge >= 0.3 is 0 Å². The summed E-state index contributed by atoms with van der Waals surface area (Å²) in [7, 11) is 0. The zero-order chi connectivity index (χ0) is 15.5. The molecular formula is C19H27NO. The molecule has 0 bridgehead atoms. The molecule has 2 aromatic rings. The van der Waals surface area contributed by atoms with Crippen LogP contribution in [0.1, 0.15) is 33.3 Å². The van der Waals surface area contributed by atoms with E-state index < -0.39 is 0 Å². The quantitative estimate of drug-likeness (QED) is 0.895. The largest absolute Gasteiger partial charge is 0.376 e. The number of fused-ring (bicyclic) bond motifs is 1. The first-order valence-corrected chi connectivity index (χ1v) is 7.77. The van der Waals surface area contributed by atoms with E-state index in [2.05, 4.69) is 63.2 Å². The molecule has 0 spiro atoms. The van der Waals surface area contributed by atoms with Gasteiger partial charge in [0.2, 0.25) is 0 Å². The van der Waals surface area contributed by atoms with Gasteiger partial charge in [0.05, 0.1) is 6.10 Å². The van der Waals surface area contributed by atoms with E-state index in [-0.39, 0.29) is 17.6 Å². The monoisotopic (exact) mass is 285 g/mol. The van der Waals surface area contributed by atoms with Crippen molar-refractivity contribution in [2.75, 3.05) is 6.61 Å². The van der Waals surface area contributed by atoms with Crippen LogP contribution in [0, 0.1) is 5.41 Å². The second-order valence-electron chi connectivity index (χ2n) is 6.75. The average Bonchev–Trinajstić information content (AvgIpc) is 2.44. The molecule has 0 fully saturated rings. The highest BCUT2D eigenvalue weighted by Gasteiger charge is 2.31. The maximum absolute atomic E-state index is 6.49. The van der Waals surface area contributed by atoms with Gasteiger partial charge in [-0.25, -0.2) is 0 Å². The summed E-state index contributed by atoms with van der Waals surface area (Å²) in [6.45, 7) is 9.30. The van der Waals surface area contributed by atoms with Crippen molar-refractivity contribution in [1.29, 1.82) is 0 Å². The SMILES string of the molecule is CCOC(C(N)Cc1cccc2ccccc12)C(C)(C)C. The second-order valence-corrected chi connectivity index (χ2v) is 6.75. The highest BCUT2D eigenvalue weighted by Crippen LogP contribution is 2.27. The Morgan fingerprint density at radius 1 is 1.05 bits per heavy atom. The molecule has 0 aliphatic rings.